The Labute approximate surface area is 101 Å². The fourth-order valence-electron chi connectivity index (χ4n) is 1.40. The number of hydrogen-bond donors (Lipinski definition) is 1. The molecule has 0 atom stereocenters. The summed E-state index contributed by atoms with van der Waals surface area (Å²) >= 11 is 0. The minimum absolute atomic E-state index is 0.0926. The maximum absolute atomic E-state index is 11.9. The van der Waals surface area contributed by atoms with Gasteiger partial charge < -0.3 is 14.9 Å². The van der Waals surface area contributed by atoms with Gasteiger partial charge in [0.15, 0.2) is 5.58 Å². The van der Waals surface area contributed by atoms with Crippen LogP contribution >= 0.6 is 0 Å². The summed E-state index contributed by atoms with van der Waals surface area (Å²) in [7, 11) is 0. The van der Waals surface area contributed by atoms with Crippen molar-refractivity contribution in [2.45, 2.75) is 19.2 Å². The Morgan fingerprint density at radius 3 is 2.83 bits per heavy atom. The predicted octanol–water partition coefficient (Wildman–Crippen LogP) is 2.88. The van der Waals surface area contributed by atoms with E-state index in [2.05, 4.69) is 4.98 Å². The number of nitrogen functional groups attached to an aromatic ring is 1. The first kappa shape index (κ1) is 12.7. The van der Waals surface area contributed by atoms with E-state index in [0.29, 0.717) is 16.8 Å². The molecule has 0 amide bonds. The van der Waals surface area contributed by atoms with Gasteiger partial charge in [-0.1, -0.05) is 0 Å². The third-order valence-corrected chi connectivity index (χ3v) is 2.21. The fraction of sp³-hybridized carbons (Fsp3) is 0.364. The van der Waals surface area contributed by atoms with Gasteiger partial charge in [0.05, 0.1) is 13.0 Å². The number of hydrogen-bond acceptors (Lipinski definition) is 4. The second-order valence-electron chi connectivity index (χ2n) is 3.75. The third-order valence-electron chi connectivity index (χ3n) is 2.21. The molecule has 1 heterocycles. The molecule has 4 nitrogen and oxygen atoms in total. The first-order valence-corrected chi connectivity index (χ1v) is 5.23. The molecule has 98 valence electrons. The number of nitrogens with two attached hydrogens (primary N) is 1. The summed E-state index contributed by atoms with van der Waals surface area (Å²) in [6.45, 7) is -0.505. The van der Waals surface area contributed by atoms with E-state index < -0.39 is 19.2 Å². The Hall–Kier alpha value is -1.76. The molecule has 2 N–H and O–H groups in total. The van der Waals surface area contributed by atoms with Crippen molar-refractivity contribution in [3.8, 4) is 0 Å². The van der Waals surface area contributed by atoms with Gasteiger partial charge in [-0.2, -0.15) is 13.2 Å². The number of fused-ring (bicyclic) bond motifs is 1. The van der Waals surface area contributed by atoms with Crippen LogP contribution in [-0.4, -0.2) is 17.8 Å². The molecule has 0 bridgehead atoms. The Kier molecular flexibility index (Phi) is 3.42. The van der Waals surface area contributed by atoms with Gasteiger partial charge in [-0.25, -0.2) is 4.98 Å². The number of rotatable bonds is 4. The molecule has 1 aromatic heterocycles. The minimum Gasteiger partial charge on any atom is -0.438 e. The van der Waals surface area contributed by atoms with Crippen LogP contribution in [0.3, 0.4) is 0 Å². The van der Waals surface area contributed by atoms with E-state index in [9.17, 15) is 13.2 Å². The van der Waals surface area contributed by atoms with Gasteiger partial charge in [0.25, 0.3) is 0 Å². The van der Waals surface area contributed by atoms with Gasteiger partial charge in [0.1, 0.15) is 12.1 Å². The second kappa shape index (κ2) is 4.85. The van der Waals surface area contributed by atoms with E-state index in [4.69, 9.17) is 14.9 Å². The SMILES string of the molecule is Nc1ccc2nc(COCCC(F)(F)F)oc2c1. The highest BCUT2D eigenvalue weighted by Gasteiger charge is 2.26. The lowest BCUT2D eigenvalue weighted by Crippen LogP contribution is -2.11. The topological polar surface area (TPSA) is 61.3 Å². The largest absolute Gasteiger partial charge is 0.438 e. The summed E-state index contributed by atoms with van der Waals surface area (Å²) in [5.41, 5.74) is 7.18. The lowest BCUT2D eigenvalue weighted by Gasteiger charge is -2.05. The third kappa shape index (κ3) is 3.36. The molecule has 0 saturated carbocycles. The summed E-state index contributed by atoms with van der Waals surface area (Å²) in [6, 6.07) is 4.94. The highest BCUT2D eigenvalue weighted by Crippen LogP contribution is 2.21. The van der Waals surface area contributed by atoms with Gasteiger partial charge in [-0.3, -0.25) is 0 Å². The summed E-state index contributed by atoms with van der Waals surface area (Å²) in [6.07, 6.45) is -5.20. The molecule has 2 aromatic rings. The fourth-order valence-corrected chi connectivity index (χ4v) is 1.40. The Balaban J connectivity index is 1.92. The molecule has 7 heteroatoms. The van der Waals surface area contributed by atoms with Crippen LogP contribution in [0.25, 0.3) is 11.1 Å². The number of alkyl halides is 3. The number of aromatic nitrogens is 1. The molecule has 0 spiro atoms. The van der Waals surface area contributed by atoms with Crippen molar-refractivity contribution in [1.82, 2.24) is 4.98 Å². The van der Waals surface area contributed by atoms with Crippen molar-refractivity contribution in [2.75, 3.05) is 12.3 Å². The molecule has 0 aliphatic rings. The summed E-state index contributed by atoms with van der Waals surface area (Å²) in [5.74, 6) is 0.234. The van der Waals surface area contributed by atoms with Gasteiger partial charge in [-0.15, -0.1) is 0 Å². The van der Waals surface area contributed by atoms with Gasteiger partial charge in [0, 0.05) is 11.8 Å². The van der Waals surface area contributed by atoms with E-state index in [1.807, 2.05) is 0 Å². The van der Waals surface area contributed by atoms with Crippen LogP contribution in [0.15, 0.2) is 22.6 Å². The number of halogens is 3. The maximum Gasteiger partial charge on any atom is 0.391 e. The van der Waals surface area contributed by atoms with E-state index in [1.54, 1.807) is 18.2 Å². The first-order chi connectivity index (χ1) is 8.44. The molecular formula is C11H11F3N2O2. The lowest BCUT2D eigenvalue weighted by molar-refractivity contribution is -0.146. The average molecular weight is 260 g/mol. The molecule has 0 fully saturated rings. The summed E-state index contributed by atoms with van der Waals surface area (Å²) in [5, 5.41) is 0. The standard InChI is InChI=1S/C11H11F3N2O2/c12-11(13,14)3-4-17-6-10-16-8-2-1-7(15)5-9(8)18-10/h1-2,5H,3-4,6,15H2. The molecule has 1 aromatic carbocycles. The van der Waals surface area contributed by atoms with E-state index >= 15 is 0 Å². The highest BCUT2D eigenvalue weighted by atomic mass is 19.4. The van der Waals surface area contributed by atoms with Crippen molar-refractivity contribution in [3.63, 3.8) is 0 Å². The number of oxazole rings is 1. The Morgan fingerprint density at radius 2 is 2.11 bits per heavy atom. The van der Waals surface area contributed by atoms with Crippen LogP contribution in [-0.2, 0) is 11.3 Å². The predicted molar refractivity (Wildman–Crippen MR) is 58.7 cm³/mol. The molecule has 2 rings (SSSR count). The van der Waals surface area contributed by atoms with Crippen molar-refractivity contribution in [2.24, 2.45) is 0 Å². The smallest absolute Gasteiger partial charge is 0.391 e. The molecular weight excluding hydrogens is 249 g/mol. The van der Waals surface area contributed by atoms with Crippen molar-refractivity contribution in [1.29, 1.82) is 0 Å². The zero-order valence-corrected chi connectivity index (χ0v) is 9.33. The Bertz CT molecular complexity index is 537. The number of nitrogens with zero attached hydrogens (tertiary/aromatic N) is 1. The van der Waals surface area contributed by atoms with Crippen LogP contribution < -0.4 is 5.73 Å². The van der Waals surface area contributed by atoms with Crippen molar-refractivity contribution >= 4 is 16.8 Å². The van der Waals surface area contributed by atoms with Crippen LogP contribution in [0.4, 0.5) is 18.9 Å². The van der Waals surface area contributed by atoms with Crippen LogP contribution in [0.2, 0.25) is 0 Å². The highest BCUT2D eigenvalue weighted by molar-refractivity contribution is 5.76. The van der Waals surface area contributed by atoms with Crippen LogP contribution in [0.1, 0.15) is 12.3 Å². The van der Waals surface area contributed by atoms with Gasteiger partial charge >= 0.3 is 6.18 Å². The molecule has 18 heavy (non-hydrogen) atoms. The molecule has 0 saturated heterocycles. The van der Waals surface area contributed by atoms with Crippen LogP contribution in [0, 0.1) is 0 Å². The molecule has 0 aliphatic heterocycles. The van der Waals surface area contributed by atoms with E-state index in [1.165, 1.54) is 0 Å². The van der Waals surface area contributed by atoms with Gasteiger partial charge in [0.2, 0.25) is 5.89 Å². The van der Waals surface area contributed by atoms with Crippen LogP contribution in [0.5, 0.6) is 0 Å². The average Bonchev–Trinajstić information content (AvgIpc) is 2.65. The first-order valence-electron chi connectivity index (χ1n) is 5.23. The number of ether oxygens (including phenoxy) is 1. The quantitative estimate of drug-likeness (QED) is 0.678. The van der Waals surface area contributed by atoms with Gasteiger partial charge in [-0.05, 0) is 12.1 Å². The summed E-state index contributed by atoms with van der Waals surface area (Å²) < 4.78 is 45.7. The minimum atomic E-state index is -4.21. The molecule has 0 aliphatic carbocycles. The lowest BCUT2D eigenvalue weighted by atomic mass is 10.3. The zero-order valence-electron chi connectivity index (χ0n) is 9.33. The number of anilines is 1. The Morgan fingerprint density at radius 1 is 1.33 bits per heavy atom. The second-order valence-corrected chi connectivity index (χ2v) is 3.75. The molecule has 0 unspecified atom stereocenters. The monoisotopic (exact) mass is 260 g/mol. The van der Waals surface area contributed by atoms with E-state index in [0.717, 1.165) is 0 Å². The summed E-state index contributed by atoms with van der Waals surface area (Å²) in [4.78, 5) is 4.06. The van der Waals surface area contributed by atoms with Crippen molar-refractivity contribution in [3.05, 3.63) is 24.1 Å². The molecule has 0 radical (unpaired) electrons. The normalized spacial score (nSPS) is 12.2. The zero-order chi connectivity index (χ0) is 13.2. The maximum atomic E-state index is 11.9. The van der Waals surface area contributed by atoms with Crippen molar-refractivity contribution < 1.29 is 22.3 Å². The van der Waals surface area contributed by atoms with E-state index in [-0.39, 0.29) is 12.5 Å². The number of benzene rings is 1.